The predicted molar refractivity (Wildman–Crippen MR) is 111 cm³/mol. The van der Waals surface area contributed by atoms with Gasteiger partial charge in [0.2, 0.25) is 5.91 Å². The Hall–Kier alpha value is -1.96. The summed E-state index contributed by atoms with van der Waals surface area (Å²) in [5.41, 5.74) is 7.41. The molecule has 8 heteroatoms. The van der Waals surface area contributed by atoms with Crippen LogP contribution in [0.15, 0.2) is 48.5 Å². The van der Waals surface area contributed by atoms with Crippen molar-refractivity contribution in [1.82, 2.24) is 16.2 Å². The minimum Gasteiger partial charge on any atom is -0.497 e. The van der Waals surface area contributed by atoms with Gasteiger partial charge in [0.15, 0.2) is 5.11 Å². The van der Waals surface area contributed by atoms with Gasteiger partial charge in [0, 0.05) is 17.3 Å². The van der Waals surface area contributed by atoms with Gasteiger partial charge in [-0.05, 0) is 47.6 Å². The summed E-state index contributed by atoms with van der Waals surface area (Å²) in [5.74, 6) is 1.69. The molecule has 0 aliphatic heterocycles. The molecule has 138 valence electrons. The van der Waals surface area contributed by atoms with Gasteiger partial charge in [0.05, 0.1) is 12.9 Å². The van der Waals surface area contributed by atoms with Crippen LogP contribution in [-0.2, 0) is 17.1 Å². The molecule has 26 heavy (non-hydrogen) atoms. The molecule has 0 fully saturated rings. The monoisotopic (exact) mass is 409 g/mol. The van der Waals surface area contributed by atoms with E-state index in [1.165, 1.54) is 11.8 Å². The first-order valence-corrected chi connectivity index (χ1v) is 9.78. The van der Waals surface area contributed by atoms with E-state index < -0.39 is 0 Å². The third kappa shape index (κ3) is 7.51. The van der Waals surface area contributed by atoms with Gasteiger partial charge in [-0.1, -0.05) is 35.9 Å². The van der Waals surface area contributed by atoms with Crippen molar-refractivity contribution in [2.75, 3.05) is 12.9 Å². The smallest absolute Gasteiger partial charge is 0.248 e. The molecule has 0 saturated heterocycles. The van der Waals surface area contributed by atoms with Gasteiger partial charge in [-0.25, -0.2) is 0 Å². The van der Waals surface area contributed by atoms with Crippen molar-refractivity contribution in [2.45, 2.75) is 12.3 Å². The molecule has 5 nitrogen and oxygen atoms in total. The molecule has 0 spiro atoms. The average Bonchev–Trinajstić information content (AvgIpc) is 2.65. The highest BCUT2D eigenvalue weighted by atomic mass is 35.5. The number of carbonyl (C=O) groups excluding carboxylic acids is 1. The van der Waals surface area contributed by atoms with Crippen molar-refractivity contribution < 1.29 is 9.53 Å². The number of hydrazine groups is 1. The fourth-order valence-electron chi connectivity index (χ4n) is 2.02. The lowest BCUT2D eigenvalue weighted by molar-refractivity contribution is -0.119. The number of hydrogen-bond acceptors (Lipinski definition) is 4. The molecule has 1 amide bonds. The highest BCUT2D eigenvalue weighted by Gasteiger charge is 2.03. The van der Waals surface area contributed by atoms with Crippen LogP contribution in [0.2, 0.25) is 5.02 Å². The summed E-state index contributed by atoms with van der Waals surface area (Å²) in [6.45, 7) is 0.551. The molecule has 0 radical (unpaired) electrons. The van der Waals surface area contributed by atoms with E-state index in [1.54, 1.807) is 7.11 Å². The lowest BCUT2D eigenvalue weighted by Gasteiger charge is -2.12. The fourth-order valence-corrected chi connectivity index (χ4v) is 3.13. The van der Waals surface area contributed by atoms with Crippen LogP contribution >= 0.6 is 35.6 Å². The van der Waals surface area contributed by atoms with Crippen LogP contribution in [0, 0.1) is 0 Å². The van der Waals surface area contributed by atoms with Gasteiger partial charge in [0.25, 0.3) is 0 Å². The van der Waals surface area contributed by atoms with E-state index in [4.69, 9.17) is 28.6 Å². The number of carbonyl (C=O) groups is 1. The molecule has 0 saturated carbocycles. The van der Waals surface area contributed by atoms with Crippen LogP contribution in [0.4, 0.5) is 0 Å². The lowest BCUT2D eigenvalue weighted by atomic mass is 10.2. The predicted octanol–water partition coefficient (Wildman–Crippen LogP) is 3.28. The van der Waals surface area contributed by atoms with Crippen molar-refractivity contribution in [3.05, 3.63) is 64.7 Å². The number of ether oxygens (including phenoxy) is 1. The second-order valence-electron chi connectivity index (χ2n) is 5.33. The van der Waals surface area contributed by atoms with Crippen molar-refractivity contribution in [3.8, 4) is 5.75 Å². The Kier molecular flexibility index (Phi) is 8.53. The van der Waals surface area contributed by atoms with E-state index in [-0.39, 0.29) is 5.91 Å². The molecule has 2 aromatic rings. The van der Waals surface area contributed by atoms with Crippen molar-refractivity contribution in [3.63, 3.8) is 0 Å². The van der Waals surface area contributed by atoms with E-state index in [0.717, 1.165) is 16.9 Å². The zero-order valence-corrected chi connectivity index (χ0v) is 16.6. The molecule has 0 atom stereocenters. The summed E-state index contributed by atoms with van der Waals surface area (Å²) in [6, 6.07) is 15.2. The molecule has 0 aromatic heterocycles. The van der Waals surface area contributed by atoms with Gasteiger partial charge >= 0.3 is 0 Å². The minimum absolute atomic E-state index is 0.148. The van der Waals surface area contributed by atoms with Gasteiger partial charge in [-0.15, -0.1) is 11.8 Å². The zero-order valence-electron chi connectivity index (χ0n) is 14.3. The topological polar surface area (TPSA) is 62.4 Å². The number of hydrogen-bond donors (Lipinski definition) is 3. The molecular weight excluding hydrogens is 390 g/mol. The Bertz CT molecular complexity index is 741. The molecule has 3 N–H and O–H groups in total. The summed E-state index contributed by atoms with van der Waals surface area (Å²) in [5, 5.41) is 4.08. The molecule has 0 unspecified atom stereocenters. The van der Waals surface area contributed by atoms with E-state index in [0.29, 0.717) is 28.2 Å². The van der Waals surface area contributed by atoms with Crippen LogP contribution in [0.3, 0.4) is 0 Å². The molecule has 0 heterocycles. The Morgan fingerprint density at radius 3 is 2.62 bits per heavy atom. The first kappa shape index (κ1) is 20.4. The third-order valence-corrected chi connectivity index (χ3v) is 4.80. The highest BCUT2D eigenvalue weighted by Crippen LogP contribution is 2.16. The van der Waals surface area contributed by atoms with Crippen LogP contribution in [0.5, 0.6) is 5.75 Å². The molecule has 2 rings (SSSR count). The van der Waals surface area contributed by atoms with Crippen LogP contribution in [0.25, 0.3) is 0 Å². The first-order valence-electron chi connectivity index (χ1n) is 7.84. The molecule has 0 aliphatic rings. The number of halogens is 1. The number of rotatable bonds is 7. The largest absolute Gasteiger partial charge is 0.497 e. The van der Waals surface area contributed by atoms with E-state index in [9.17, 15) is 4.79 Å². The van der Waals surface area contributed by atoms with Crippen molar-refractivity contribution >= 4 is 46.6 Å². The van der Waals surface area contributed by atoms with E-state index in [2.05, 4.69) is 16.2 Å². The summed E-state index contributed by atoms with van der Waals surface area (Å²) in [4.78, 5) is 11.8. The maximum atomic E-state index is 11.8. The number of amides is 1. The maximum absolute atomic E-state index is 11.8. The first-order chi connectivity index (χ1) is 12.6. The second-order valence-corrected chi connectivity index (χ2v) is 7.16. The standard InChI is InChI=1S/C18H20ClN3O2S2/c1-24-16-7-5-13(6-8-16)10-20-18(25)22-21-17(23)12-26-11-14-3-2-4-15(19)9-14/h2-9H,10-12H2,1H3,(H,21,23)(H2,20,22,25). The summed E-state index contributed by atoms with van der Waals surface area (Å²) in [7, 11) is 1.63. The Morgan fingerprint density at radius 1 is 1.15 bits per heavy atom. The minimum atomic E-state index is -0.148. The maximum Gasteiger partial charge on any atom is 0.248 e. The summed E-state index contributed by atoms with van der Waals surface area (Å²) >= 11 is 12.6. The number of methoxy groups -OCH3 is 1. The Morgan fingerprint density at radius 2 is 1.92 bits per heavy atom. The van der Waals surface area contributed by atoms with Crippen molar-refractivity contribution in [2.24, 2.45) is 0 Å². The van der Waals surface area contributed by atoms with Crippen molar-refractivity contribution in [1.29, 1.82) is 0 Å². The van der Waals surface area contributed by atoms with E-state index >= 15 is 0 Å². The van der Waals surface area contributed by atoms with E-state index in [1.807, 2.05) is 48.5 Å². The fraction of sp³-hybridized carbons (Fsp3) is 0.222. The highest BCUT2D eigenvalue weighted by molar-refractivity contribution is 7.99. The summed E-state index contributed by atoms with van der Waals surface area (Å²) in [6.07, 6.45) is 0. The third-order valence-electron chi connectivity index (χ3n) is 3.32. The van der Waals surface area contributed by atoms with Crippen LogP contribution in [0.1, 0.15) is 11.1 Å². The Labute approximate surface area is 167 Å². The molecule has 2 aromatic carbocycles. The van der Waals surface area contributed by atoms with Gasteiger partial charge < -0.3 is 10.1 Å². The SMILES string of the molecule is COc1ccc(CNC(=S)NNC(=O)CSCc2cccc(Cl)c2)cc1. The van der Waals surface area contributed by atoms with Gasteiger partial charge in [0.1, 0.15) is 5.75 Å². The number of thiocarbonyl (C=S) groups is 1. The molecular formula is C18H20ClN3O2S2. The quantitative estimate of drug-likeness (QED) is 0.482. The van der Waals surface area contributed by atoms with Crippen LogP contribution in [-0.4, -0.2) is 23.9 Å². The second kappa shape index (κ2) is 10.9. The average molecular weight is 410 g/mol. The molecule has 0 bridgehead atoms. The normalized spacial score (nSPS) is 10.1. The van der Waals surface area contributed by atoms with Gasteiger partial charge in [-0.3, -0.25) is 15.6 Å². The zero-order chi connectivity index (χ0) is 18.8. The summed E-state index contributed by atoms with van der Waals surface area (Å²) < 4.78 is 5.11. The van der Waals surface area contributed by atoms with Crippen LogP contribution < -0.4 is 20.9 Å². The van der Waals surface area contributed by atoms with Gasteiger partial charge in [-0.2, -0.15) is 0 Å². The lowest BCUT2D eigenvalue weighted by Crippen LogP contribution is -2.47. The molecule has 0 aliphatic carbocycles. The number of thioether (sulfide) groups is 1. The number of nitrogens with one attached hydrogen (secondary N) is 3. The Balaban J connectivity index is 1.61. The number of benzene rings is 2.